The first-order chi connectivity index (χ1) is 14.3. The Balaban J connectivity index is 1.63. The summed E-state index contributed by atoms with van der Waals surface area (Å²) >= 11 is 1.45. The summed E-state index contributed by atoms with van der Waals surface area (Å²) in [7, 11) is 0. The molecule has 140 valence electrons. The molecular formula is C24H17N3OS. The zero-order valence-electron chi connectivity index (χ0n) is 15.4. The fourth-order valence-corrected chi connectivity index (χ4v) is 4.31. The van der Waals surface area contributed by atoms with Crippen molar-refractivity contribution in [3.8, 4) is 16.9 Å². The molecule has 0 saturated carbocycles. The minimum absolute atomic E-state index is 0.115. The van der Waals surface area contributed by atoms with Crippen molar-refractivity contribution in [2.24, 2.45) is 0 Å². The lowest BCUT2D eigenvalue weighted by Gasteiger charge is -2.03. The number of amides is 1. The van der Waals surface area contributed by atoms with E-state index in [9.17, 15) is 4.79 Å². The number of thiophene rings is 1. The number of carbonyl (C=O) groups is 1. The van der Waals surface area contributed by atoms with Crippen molar-refractivity contribution < 1.29 is 4.79 Å². The van der Waals surface area contributed by atoms with E-state index in [0.717, 1.165) is 32.8 Å². The van der Waals surface area contributed by atoms with Crippen LogP contribution in [0.15, 0.2) is 97.1 Å². The standard InChI is InChI=1S/C24H17N3OS/c28-23(25-18-12-6-2-7-13-18)21-16-20-22(17-10-4-1-5-11-17)26-27(24(20)29-21)19-14-8-3-9-15-19/h1-16H,(H,25,28). The number of fused-ring (bicyclic) bond motifs is 1. The zero-order valence-corrected chi connectivity index (χ0v) is 16.3. The zero-order chi connectivity index (χ0) is 19.6. The van der Waals surface area contributed by atoms with Gasteiger partial charge in [0.05, 0.1) is 10.6 Å². The quantitative estimate of drug-likeness (QED) is 0.405. The van der Waals surface area contributed by atoms with Crippen LogP contribution in [0.4, 0.5) is 5.69 Å². The van der Waals surface area contributed by atoms with Gasteiger partial charge in [0.15, 0.2) is 0 Å². The molecule has 1 N–H and O–H groups in total. The van der Waals surface area contributed by atoms with Crippen molar-refractivity contribution in [2.45, 2.75) is 0 Å². The lowest BCUT2D eigenvalue weighted by Crippen LogP contribution is -2.09. The van der Waals surface area contributed by atoms with Crippen LogP contribution in [0, 0.1) is 0 Å². The summed E-state index contributed by atoms with van der Waals surface area (Å²) in [5.74, 6) is -0.115. The second-order valence-corrected chi connectivity index (χ2v) is 7.64. The van der Waals surface area contributed by atoms with E-state index in [1.54, 1.807) is 0 Å². The van der Waals surface area contributed by atoms with Crippen molar-refractivity contribution in [3.63, 3.8) is 0 Å². The SMILES string of the molecule is O=C(Nc1ccccc1)c1cc2c(-c3ccccc3)nn(-c3ccccc3)c2s1. The Morgan fingerprint density at radius 1 is 0.828 bits per heavy atom. The van der Waals surface area contributed by atoms with Crippen molar-refractivity contribution >= 4 is 33.1 Å². The summed E-state index contributed by atoms with van der Waals surface area (Å²) in [6.45, 7) is 0. The van der Waals surface area contributed by atoms with E-state index >= 15 is 0 Å². The Hall–Kier alpha value is -3.70. The summed E-state index contributed by atoms with van der Waals surface area (Å²) in [6, 6.07) is 31.5. The lowest BCUT2D eigenvalue weighted by atomic mass is 10.1. The first-order valence-electron chi connectivity index (χ1n) is 9.29. The van der Waals surface area contributed by atoms with Crippen LogP contribution in [0.3, 0.4) is 0 Å². The van der Waals surface area contributed by atoms with E-state index in [0.29, 0.717) is 4.88 Å². The van der Waals surface area contributed by atoms with Gasteiger partial charge in [0, 0.05) is 16.6 Å². The maximum absolute atomic E-state index is 12.8. The minimum Gasteiger partial charge on any atom is -0.321 e. The summed E-state index contributed by atoms with van der Waals surface area (Å²) < 4.78 is 1.92. The van der Waals surface area contributed by atoms with E-state index < -0.39 is 0 Å². The topological polar surface area (TPSA) is 46.9 Å². The van der Waals surface area contributed by atoms with E-state index in [4.69, 9.17) is 5.10 Å². The normalized spacial score (nSPS) is 10.9. The van der Waals surface area contributed by atoms with Gasteiger partial charge in [-0.05, 0) is 30.3 Å². The van der Waals surface area contributed by atoms with Gasteiger partial charge in [0.2, 0.25) is 0 Å². The molecule has 1 amide bonds. The number of hydrogen-bond donors (Lipinski definition) is 1. The third-order valence-corrected chi connectivity index (χ3v) is 5.77. The largest absolute Gasteiger partial charge is 0.321 e. The number of nitrogens with one attached hydrogen (secondary N) is 1. The number of hydrogen-bond acceptors (Lipinski definition) is 3. The summed E-state index contributed by atoms with van der Waals surface area (Å²) in [4.78, 5) is 14.5. The molecule has 5 rings (SSSR count). The van der Waals surface area contributed by atoms with E-state index in [2.05, 4.69) is 5.32 Å². The summed E-state index contributed by atoms with van der Waals surface area (Å²) in [6.07, 6.45) is 0. The van der Waals surface area contributed by atoms with E-state index in [1.807, 2.05) is 102 Å². The fourth-order valence-electron chi connectivity index (χ4n) is 3.29. The number of aromatic nitrogens is 2. The average molecular weight is 395 g/mol. The second kappa shape index (κ2) is 7.37. The van der Waals surface area contributed by atoms with Crippen LogP contribution in [-0.4, -0.2) is 15.7 Å². The summed E-state index contributed by atoms with van der Waals surface area (Å²) in [5, 5.41) is 8.81. The van der Waals surface area contributed by atoms with Crippen LogP contribution in [0.25, 0.3) is 27.2 Å². The molecule has 0 aliphatic heterocycles. The van der Waals surface area contributed by atoms with Crippen molar-refractivity contribution in [1.29, 1.82) is 0 Å². The summed E-state index contributed by atoms with van der Waals surface area (Å²) in [5.41, 5.74) is 3.65. The Labute approximate surface area is 172 Å². The number of rotatable bonds is 4. The molecule has 5 aromatic rings. The first kappa shape index (κ1) is 17.4. The highest BCUT2D eigenvalue weighted by molar-refractivity contribution is 7.20. The predicted octanol–water partition coefficient (Wildman–Crippen LogP) is 6.01. The molecule has 0 spiro atoms. The Bertz CT molecular complexity index is 1200. The van der Waals surface area contributed by atoms with Crippen molar-refractivity contribution in [2.75, 3.05) is 5.32 Å². The van der Waals surface area contributed by atoms with Gasteiger partial charge in [-0.1, -0.05) is 66.7 Å². The molecule has 0 aliphatic carbocycles. The second-order valence-electron chi connectivity index (χ2n) is 6.61. The Morgan fingerprint density at radius 3 is 2.14 bits per heavy atom. The third kappa shape index (κ3) is 3.32. The average Bonchev–Trinajstić information content (AvgIpc) is 3.35. The lowest BCUT2D eigenvalue weighted by molar-refractivity contribution is 0.103. The third-order valence-electron chi connectivity index (χ3n) is 4.66. The molecule has 0 aliphatic rings. The molecule has 3 aromatic carbocycles. The number of nitrogens with zero attached hydrogens (tertiary/aromatic N) is 2. The van der Waals surface area contributed by atoms with Gasteiger partial charge in [0.1, 0.15) is 10.5 Å². The molecule has 0 fully saturated rings. The van der Waals surface area contributed by atoms with Gasteiger partial charge in [-0.25, -0.2) is 4.68 Å². The van der Waals surface area contributed by atoms with Gasteiger partial charge in [-0.15, -0.1) is 11.3 Å². The van der Waals surface area contributed by atoms with Crippen molar-refractivity contribution in [3.05, 3.63) is 102 Å². The van der Waals surface area contributed by atoms with Crippen LogP contribution in [-0.2, 0) is 0 Å². The van der Waals surface area contributed by atoms with Gasteiger partial charge in [-0.2, -0.15) is 5.10 Å². The van der Waals surface area contributed by atoms with Gasteiger partial charge in [-0.3, -0.25) is 4.79 Å². The molecule has 29 heavy (non-hydrogen) atoms. The number of carbonyl (C=O) groups excluding carboxylic acids is 1. The molecule has 0 bridgehead atoms. The molecule has 4 nitrogen and oxygen atoms in total. The highest BCUT2D eigenvalue weighted by Gasteiger charge is 2.20. The van der Waals surface area contributed by atoms with E-state index in [-0.39, 0.29) is 5.91 Å². The predicted molar refractivity (Wildman–Crippen MR) is 119 cm³/mol. The molecule has 0 atom stereocenters. The molecule has 2 aromatic heterocycles. The van der Waals surface area contributed by atoms with Crippen LogP contribution in [0.1, 0.15) is 9.67 Å². The molecule has 2 heterocycles. The van der Waals surface area contributed by atoms with Crippen LogP contribution < -0.4 is 5.32 Å². The highest BCUT2D eigenvalue weighted by Crippen LogP contribution is 2.35. The van der Waals surface area contributed by atoms with Crippen molar-refractivity contribution in [1.82, 2.24) is 9.78 Å². The molecule has 0 radical (unpaired) electrons. The Kier molecular flexibility index (Phi) is 4.42. The van der Waals surface area contributed by atoms with Gasteiger partial charge in [0.25, 0.3) is 5.91 Å². The number of anilines is 1. The molecular weight excluding hydrogens is 378 g/mol. The number of benzene rings is 3. The molecule has 0 unspecified atom stereocenters. The van der Waals surface area contributed by atoms with Gasteiger partial charge >= 0.3 is 0 Å². The van der Waals surface area contributed by atoms with Crippen LogP contribution >= 0.6 is 11.3 Å². The number of para-hydroxylation sites is 2. The Morgan fingerprint density at radius 2 is 1.45 bits per heavy atom. The molecule has 0 saturated heterocycles. The molecule has 5 heteroatoms. The fraction of sp³-hybridized carbons (Fsp3) is 0. The minimum atomic E-state index is -0.115. The monoisotopic (exact) mass is 395 g/mol. The van der Waals surface area contributed by atoms with Crippen LogP contribution in [0.5, 0.6) is 0 Å². The smallest absolute Gasteiger partial charge is 0.265 e. The van der Waals surface area contributed by atoms with E-state index in [1.165, 1.54) is 11.3 Å². The highest BCUT2D eigenvalue weighted by atomic mass is 32.1. The maximum atomic E-state index is 12.8. The maximum Gasteiger partial charge on any atom is 0.265 e. The van der Waals surface area contributed by atoms with Crippen LogP contribution in [0.2, 0.25) is 0 Å². The van der Waals surface area contributed by atoms with Gasteiger partial charge < -0.3 is 5.32 Å². The first-order valence-corrected chi connectivity index (χ1v) is 10.1.